The number of carboxylic acids is 1. The van der Waals surface area contributed by atoms with Crippen molar-refractivity contribution < 1.29 is 23.8 Å². The number of carbonyl (C=O) groups excluding carboxylic acids is 1. The Kier molecular flexibility index (Phi) is 4.86. The van der Waals surface area contributed by atoms with E-state index in [1.165, 1.54) is 18.2 Å². The first kappa shape index (κ1) is 13.7. The molecule has 0 bridgehead atoms. The number of hydrogen-bond donors (Lipinski definition) is 2. The van der Waals surface area contributed by atoms with Gasteiger partial charge in [0.15, 0.2) is 0 Å². The zero-order valence-corrected chi connectivity index (χ0v) is 9.64. The molecule has 0 spiro atoms. The van der Waals surface area contributed by atoms with E-state index in [2.05, 4.69) is 10.1 Å². The second-order valence-corrected chi connectivity index (χ2v) is 3.26. The number of nitrogens with one attached hydrogen (secondary N) is 1. The molecule has 5 nitrogen and oxygen atoms in total. The Hall–Kier alpha value is -2.37. The summed E-state index contributed by atoms with van der Waals surface area (Å²) in [5, 5.41) is 10.6. The van der Waals surface area contributed by atoms with Crippen molar-refractivity contribution in [2.45, 2.75) is 6.92 Å². The van der Waals surface area contributed by atoms with Gasteiger partial charge >= 0.3 is 12.1 Å². The first-order valence-corrected chi connectivity index (χ1v) is 5.17. The van der Waals surface area contributed by atoms with Gasteiger partial charge in [-0.3, -0.25) is 5.32 Å². The van der Waals surface area contributed by atoms with Crippen LogP contribution in [0.3, 0.4) is 0 Å². The lowest BCUT2D eigenvalue weighted by Crippen LogP contribution is -2.14. The van der Waals surface area contributed by atoms with E-state index in [9.17, 15) is 14.0 Å². The number of rotatable bonds is 4. The summed E-state index contributed by atoms with van der Waals surface area (Å²) in [7, 11) is 0. The minimum atomic E-state index is -1.12. The molecule has 0 aliphatic heterocycles. The van der Waals surface area contributed by atoms with Crippen molar-refractivity contribution in [1.29, 1.82) is 0 Å². The van der Waals surface area contributed by atoms with Crippen molar-refractivity contribution >= 4 is 23.8 Å². The summed E-state index contributed by atoms with van der Waals surface area (Å²) in [5.74, 6) is -1.79. The summed E-state index contributed by atoms with van der Waals surface area (Å²) in [6.07, 6.45) is 1.40. The SMILES string of the molecule is CCOC(=O)Nc1ccc(C=CC(=O)O)cc1F. The van der Waals surface area contributed by atoms with Crippen LogP contribution in [-0.4, -0.2) is 23.8 Å². The van der Waals surface area contributed by atoms with Gasteiger partial charge in [-0.2, -0.15) is 0 Å². The molecule has 1 rings (SSSR count). The Balaban J connectivity index is 2.79. The van der Waals surface area contributed by atoms with Crippen LogP contribution in [0.2, 0.25) is 0 Å². The monoisotopic (exact) mass is 253 g/mol. The van der Waals surface area contributed by atoms with E-state index < -0.39 is 17.9 Å². The Morgan fingerprint density at radius 1 is 1.50 bits per heavy atom. The molecule has 6 heteroatoms. The number of aliphatic carboxylic acids is 1. The largest absolute Gasteiger partial charge is 0.478 e. The fourth-order valence-corrected chi connectivity index (χ4v) is 1.18. The first-order chi connectivity index (χ1) is 8.52. The van der Waals surface area contributed by atoms with Crippen molar-refractivity contribution in [3.05, 3.63) is 35.7 Å². The fourth-order valence-electron chi connectivity index (χ4n) is 1.18. The third kappa shape index (κ3) is 4.25. The topological polar surface area (TPSA) is 75.6 Å². The van der Waals surface area contributed by atoms with Crippen LogP contribution in [0.5, 0.6) is 0 Å². The van der Waals surface area contributed by atoms with E-state index in [0.717, 1.165) is 12.1 Å². The molecule has 2 N–H and O–H groups in total. The smallest absolute Gasteiger partial charge is 0.411 e. The maximum absolute atomic E-state index is 13.5. The molecule has 18 heavy (non-hydrogen) atoms. The van der Waals surface area contributed by atoms with Crippen LogP contribution in [0.25, 0.3) is 6.08 Å². The van der Waals surface area contributed by atoms with Gasteiger partial charge in [0.25, 0.3) is 0 Å². The van der Waals surface area contributed by atoms with E-state index >= 15 is 0 Å². The quantitative estimate of drug-likeness (QED) is 0.808. The highest BCUT2D eigenvalue weighted by Crippen LogP contribution is 2.16. The molecule has 1 aromatic rings. The van der Waals surface area contributed by atoms with Gasteiger partial charge in [0.2, 0.25) is 0 Å². The van der Waals surface area contributed by atoms with Crippen LogP contribution < -0.4 is 5.32 Å². The maximum Gasteiger partial charge on any atom is 0.411 e. The molecule has 1 amide bonds. The lowest BCUT2D eigenvalue weighted by molar-refractivity contribution is -0.131. The minimum Gasteiger partial charge on any atom is -0.478 e. The molecule has 0 unspecified atom stereocenters. The van der Waals surface area contributed by atoms with Gasteiger partial charge in [0.1, 0.15) is 5.82 Å². The molecule has 96 valence electrons. The number of anilines is 1. The second kappa shape index (κ2) is 6.39. The van der Waals surface area contributed by atoms with E-state index in [1.54, 1.807) is 6.92 Å². The molecule has 0 atom stereocenters. The van der Waals surface area contributed by atoms with Crippen molar-refractivity contribution in [2.24, 2.45) is 0 Å². The molecule has 0 aliphatic carbocycles. The number of benzene rings is 1. The van der Waals surface area contributed by atoms with Crippen LogP contribution in [0.4, 0.5) is 14.9 Å². The Labute approximate surface area is 103 Å². The summed E-state index contributed by atoms with van der Waals surface area (Å²) in [4.78, 5) is 21.4. The molecule has 0 aromatic heterocycles. The summed E-state index contributed by atoms with van der Waals surface area (Å²) in [6.45, 7) is 1.82. The van der Waals surface area contributed by atoms with Gasteiger partial charge < -0.3 is 9.84 Å². The van der Waals surface area contributed by atoms with Crippen LogP contribution in [0.15, 0.2) is 24.3 Å². The van der Waals surface area contributed by atoms with Gasteiger partial charge in [0, 0.05) is 6.08 Å². The normalized spacial score (nSPS) is 10.3. The molecular formula is C12H12FNO4. The Bertz CT molecular complexity index is 485. The zero-order valence-electron chi connectivity index (χ0n) is 9.64. The van der Waals surface area contributed by atoms with Crippen LogP contribution in [0, 0.1) is 5.82 Å². The summed E-state index contributed by atoms with van der Waals surface area (Å²) < 4.78 is 18.1. The van der Waals surface area contributed by atoms with Crippen molar-refractivity contribution in [2.75, 3.05) is 11.9 Å². The van der Waals surface area contributed by atoms with E-state index in [4.69, 9.17) is 5.11 Å². The van der Waals surface area contributed by atoms with Gasteiger partial charge in [-0.25, -0.2) is 14.0 Å². The highest BCUT2D eigenvalue weighted by molar-refractivity contribution is 5.86. The van der Waals surface area contributed by atoms with Crippen molar-refractivity contribution in [3.8, 4) is 0 Å². The third-order valence-corrected chi connectivity index (χ3v) is 1.92. The van der Waals surface area contributed by atoms with Gasteiger partial charge in [-0.05, 0) is 30.7 Å². The first-order valence-electron chi connectivity index (χ1n) is 5.17. The van der Waals surface area contributed by atoms with E-state index in [1.807, 2.05) is 0 Å². The van der Waals surface area contributed by atoms with Crippen LogP contribution in [-0.2, 0) is 9.53 Å². The molecule has 0 saturated carbocycles. The molecule has 1 aromatic carbocycles. The second-order valence-electron chi connectivity index (χ2n) is 3.26. The predicted octanol–water partition coefficient (Wildman–Crippen LogP) is 2.49. The predicted molar refractivity (Wildman–Crippen MR) is 63.7 cm³/mol. The number of hydrogen-bond acceptors (Lipinski definition) is 3. The number of carbonyl (C=O) groups is 2. The Morgan fingerprint density at radius 3 is 2.78 bits per heavy atom. The zero-order chi connectivity index (χ0) is 13.5. The Morgan fingerprint density at radius 2 is 2.22 bits per heavy atom. The molecule has 0 radical (unpaired) electrons. The van der Waals surface area contributed by atoms with Crippen LogP contribution >= 0.6 is 0 Å². The highest BCUT2D eigenvalue weighted by Gasteiger charge is 2.07. The van der Waals surface area contributed by atoms with E-state index in [-0.39, 0.29) is 12.3 Å². The van der Waals surface area contributed by atoms with E-state index in [0.29, 0.717) is 5.56 Å². The average molecular weight is 253 g/mol. The lowest BCUT2D eigenvalue weighted by Gasteiger charge is -2.06. The number of carboxylic acid groups (broad SMARTS) is 1. The standard InChI is InChI=1S/C12H12FNO4/c1-2-18-12(17)14-10-5-3-8(7-9(10)13)4-6-11(15)16/h3-7H,2H2,1H3,(H,14,17)(H,15,16). The van der Waals surface area contributed by atoms with Gasteiger partial charge in [-0.1, -0.05) is 6.07 Å². The molecule has 0 fully saturated rings. The average Bonchev–Trinajstić information content (AvgIpc) is 2.30. The molecule has 0 heterocycles. The van der Waals surface area contributed by atoms with Gasteiger partial charge in [0.05, 0.1) is 12.3 Å². The van der Waals surface area contributed by atoms with Gasteiger partial charge in [-0.15, -0.1) is 0 Å². The molecule has 0 aliphatic rings. The fraction of sp³-hybridized carbons (Fsp3) is 0.167. The molecular weight excluding hydrogens is 241 g/mol. The third-order valence-electron chi connectivity index (χ3n) is 1.92. The summed E-state index contributed by atoms with van der Waals surface area (Å²) in [5.41, 5.74) is 0.352. The van der Waals surface area contributed by atoms with Crippen molar-refractivity contribution in [1.82, 2.24) is 0 Å². The number of halogens is 1. The molecule has 0 saturated heterocycles. The van der Waals surface area contributed by atoms with Crippen molar-refractivity contribution in [3.63, 3.8) is 0 Å². The maximum atomic E-state index is 13.5. The highest BCUT2D eigenvalue weighted by atomic mass is 19.1. The van der Waals surface area contributed by atoms with Crippen LogP contribution in [0.1, 0.15) is 12.5 Å². The number of amides is 1. The summed E-state index contributed by atoms with van der Waals surface area (Å²) in [6, 6.07) is 3.92. The summed E-state index contributed by atoms with van der Waals surface area (Å²) >= 11 is 0. The minimum absolute atomic E-state index is 0.0269. The number of ether oxygens (including phenoxy) is 1. The lowest BCUT2D eigenvalue weighted by atomic mass is 10.2.